The van der Waals surface area contributed by atoms with Gasteiger partial charge in [0.05, 0.1) is 5.52 Å². The number of hydrogen-bond donors (Lipinski definition) is 4. The summed E-state index contributed by atoms with van der Waals surface area (Å²) in [6, 6.07) is 6.60. The molecular formula is C11H8N6O3. The summed E-state index contributed by atoms with van der Waals surface area (Å²) in [6.45, 7) is 0. The number of anilines is 1. The van der Waals surface area contributed by atoms with E-state index in [1.165, 1.54) is 0 Å². The van der Waals surface area contributed by atoms with E-state index in [9.17, 15) is 14.7 Å². The van der Waals surface area contributed by atoms with E-state index < -0.39 is 22.8 Å². The highest BCUT2D eigenvalue weighted by atomic mass is 16.3. The van der Waals surface area contributed by atoms with Crippen molar-refractivity contribution >= 4 is 22.8 Å². The standard InChI is InChI=1S/C11H8N6O3/c18-8-5-3-1-2-4-6(5)12-9(19)7(8)10(20)13-11-14-16-17-15-11/h1-4H,(H2,12,18,19)(H2,13,14,15,16,17,20). The highest BCUT2D eigenvalue weighted by Gasteiger charge is 2.20. The molecule has 0 atom stereocenters. The molecule has 20 heavy (non-hydrogen) atoms. The molecule has 2 aromatic heterocycles. The summed E-state index contributed by atoms with van der Waals surface area (Å²) in [7, 11) is 0. The van der Waals surface area contributed by atoms with Gasteiger partial charge in [-0.05, 0) is 17.3 Å². The number of benzene rings is 1. The quantitative estimate of drug-likeness (QED) is 0.518. The first-order chi connectivity index (χ1) is 9.66. The number of hydrogen-bond acceptors (Lipinski definition) is 6. The van der Waals surface area contributed by atoms with E-state index >= 15 is 0 Å². The van der Waals surface area contributed by atoms with Crippen LogP contribution in [0.4, 0.5) is 5.95 Å². The fourth-order valence-corrected chi connectivity index (χ4v) is 1.82. The van der Waals surface area contributed by atoms with Gasteiger partial charge >= 0.3 is 0 Å². The van der Waals surface area contributed by atoms with Gasteiger partial charge in [-0.15, -0.1) is 5.10 Å². The number of fused-ring (bicyclic) bond motifs is 1. The van der Waals surface area contributed by atoms with Crippen LogP contribution >= 0.6 is 0 Å². The van der Waals surface area contributed by atoms with Gasteiger partial charge in [0.2, 0.25) is 0 Å². The lowest BCUT2D eigenvalue weighted by Crippen LogP contribution is -2.23. The molecule has 2 heterocycles. The number of aromatic nitrogens is 5. The molecule has 0 bridgehead atoms. The molecule has 0 saturated carbocycles. The third kappa shape index (κ3) is 1.86. The average molecular weight is 272 g/mol. The lowest BCUT2D eigenvalue weighted by molar-refractivity contribution is 0.102. The summed E-state index contributed by atoms with van der Waals surface area (Å²) in [4.78, 5) is 26.4. The third-order valence-corrected chi connectivity index (χ3v) is 2.69. The number of carbonyl (C=O) groups excluding carboxylic acids is 1. The Kier molecular flexibility index (Phi) is 2.64. The molecular weight excluding hydrogens is 264 g/mol. The predicted octanol–water partition coefficient (Wildman–Crippen LogP) is -0.000900. The van der Waals surface area contributed by atoms with Crippen LogP contribution in [-0.4, -0.2) is 36.6 Å². The van der Waals surface area contributed by atoms with Crippen LogP contribution in [0.5, 0.6) is 5.75 Å². The molecule has 0 fully saturated rings. The van der Waals surface area contributed by atoms with E-state index in [0.717, 1.165) is 0 Å². The van der Waals surface area contributed by atoms with Crippen molar-refractivity contribution < 1.29 is 9.90 Å². The van der Waals surface area contributed by atoms with Crippen molar-refractivity contribution in [3.63, 3.8) is 0 Å². The fraction of sp³-hybridized carbons (Fsp3) is 0. The molecule has 0 aliphatic heterocycles. The Bertz CT molecular complexity index is 839. The molecule has 0 radical (unpaired) electrons. The Morgan fingerprint density at radius 3 is 2.85 bits per heavy atom. The van der Waals surface area contributed by atoms with Crippen LogP contribution in [0.1, 0.15) is 10.4 Å². The normalized spacial score (nSPS) is 10.6. The molecule has 1 amide bonds. The number of para-hydroxylation sites is 1. The highest BCUT2D eigenvalue weighted by Crippen LogP contribution is 2.24. The summed E-state index contributed by atoms with van der Waals surface area (Å²) in [5, 5.41) is 25.2. The number of carbonyl (C=O) groups is 1. The van der Waals surface area contributed by atoms with E-state index in [0.29, 0.717) is 10.9 Å². The number of aromatic hydroxyl groups is 1. The first-order valence-corrected chi connectivity index (χ1v) is 5.55. The lowest BCUT2D eigenvalue weighted by atomic mass is 10.1. The lowest BCUT2D eigenvalue weighted by Gasteiger charge is -2.06. The monoisotopic (exact) mass is 272 g/mol. The maximum absolute atomic E-state index is 12.0. The summed E-state index contributed by atoms with van der Waals surface area (Å²) < 4.78 is 0. The molecule has 9 nitrogen and oxygen atoms in total. The molecule has 9 heteroatoms. The van der Waals surface area contributed by atoms with Crippen molar-refractivity contribution in [2.75, 3.05) is 5.32 Å². The fourth-order valence-electron chi connectivity index (χ4n) is 1.82. The zero-order chi connectivity index (χ0) is 14.1. The molecule has 3 aromatic rings. The average Bonchev–Trinajstić information content (AvgIpc) is 2.91. The third-order valence-electron chi connectivity index (χ3n) is 2.69. The van der Waals surface area contributed by atoms with Crippen LogP contribution < -0.4 is 10.9 Å². The molecule has 0 unspecified atom stereocenters. The van der Waals surface area contributed by atoms with E-state index in [-0.39, 0.29) is 5.95 Å². The first-order valence-electron chi connectivity index (χ1n) is 5.55. The van der Waals surface area contributed by atoms with Gasteiger partial charge in [0.15, 0.2) is 0 Å². The van der Waals surface area contributed by atoms with Crippen molar-refractivity contribution in [3.8, 4) is 5.75 Å². The molecule has 3 rings (SSSR count). The van der Waals surface area contributed by atoms with Crippen LogP contribution in [-0.2, 0) is 0 Å². The second kappa shape index (κ2) is 4.46. The SMILES string of the molecule is O=C(Nc1nn[nH]n1)c1c(O)c2ccccc2[nH]c1=O. The molecule has 1 aromatic carbocycles. The number of aromatic amines is 2. The molecule has 0 aliphatic carbocycles. The van der Waals surface area contributed by atoms with Gasteiger partial charge in [-0.3, -0.25) is 14.9 Å². The van der Waals surface area contributed by atoms with E-state index in [2.05, 4.69) is 30.9 Å². The van der Waals surface area contributed by atoms with Gasteiger partial charge in [0, 0.05) is 5.39 Å². The van der Waals surface area contributed by atoms with Crippen LogP contribution in [0.15, 0.2) is 29.1 Å². The minimum atomic E-state index is -0.823. The van der Waals surface area contributed by atoms with Crippen LogP contribution in [0.25, 0.3) is 10.9 Å². The number of H-pyrrole nitrogens is 2. The maximum Gasteiger partial charge on any atom is 0.270 e. The summed E-state index contributed by atoms with van der Waals surface area (Å²) in [6.07, 6.45) is 0. The van der Waals surface area contributed by atoms with E-state index in [4.69, 9.17) is 0 Å². The molecule has 4 N–H and O–H groups in total. The Morgan fingerprint density at radius 2 is 2.10 bits per heavy atom. The number of rotatable bonds is 2. The minimum absolute atomic E-state index is 0.0954. The van der Waals surface area contributed by atoms with Crippen LogP contribution in [0.2, 0.25) is 0 Å². The summed E-state index contributed by atoms with van der Waals surface area (Å²) >= 11 is 0. The second-order valence-corrected chi connectivity index (χ2v) is 3.91. The predicted molar refractivity (Wildman–Crippen MR) is 68.4 cm³/mol. The Balaban J connectivity index is 2.11. The van der Waals surface area contributed by atoms with Crippen molar-refractivity contribution in [1.82, 2.24) is 25.6 Å². The summed E-state index contributed by atoms with van der Waals surface area (Å²) in [5.41, 5.74) is -0.679. The molecule has 0 saturated heterocycles. The minimum Gasteiger partial charge on any atom is -0.506 e. The van der Waals surface area contributed by atoms with Crippen molar-refractivity contribution in [2.45, 2.75) is 0 Å². The van der Waals surface area contributed by atoms with Gasteiger partial charge in [-0.2, -0.15) is 5.21 Å². The number of pyridine rings is 1. The van der Waals surface area contributed by atoms with Gasteiger partial charge in [-0.25, -0.2) is 0 Å². The maximum atomic E-state index is 12.0. The zero-order valence-electron chi connectivity index (χ0n) is 9.91. The van der Waals surface area contributed by atoms with Crippen molar-refractivity contribution in [3.05, 3.63) is 40.2 Å². The van der Waals surface area contributed by atoms with E-state index in [1.54, 1.807) is 24.3 Å². The number of nitrogens with one attached hydrogen (secondary N) is 3. The zero-order valence-corrected chi connectivity index (χ0v) is 9.91. The Hall–Kier alpha value is -3.23. The molecule has 0 spiro atoms. The summed E-state index contributed by atoms with van der Waals surface area (Å²) in [5.74, 6) is -1.32. The van der Waals surface area contributed by atoms with Crippen molar-refractivity contribution in [1.29, 1.82) is 0 Å². The second-order valence-electron chi connectivity index (χ2n) is 3.91. The largest absolute Gasteiger partial charge is 0.506 e. The molecule has 0 aliphatic rings. The van der Waals surface area contributed by atoms with Gasteiger partial charge < -0.3 is 10.1 Å². The number of tetrazole rings is 1. The topological polar surface area (TPSA) is 137 Å². The number of nitrogens with zero attached hydrogens (tertiary/aromatic N) is 3. The van der Waals surface area contributed by atoms with Gasteiger partial charge in [0.1, 0.15) is 11.3 Å². The van der Waals surface area contributed by atoms with Gasteiger partial charge in [-0.1, -0.05) is 17.2 Å². The smallest absolute Gasteiger partial charge is 0.270 e. The van der Waals surface area contributed by atoms with Crippen LogP contribution in [0, 0.1) is 0 Å². The highest BCUT2D eigenvalue weighted by molar-refractivity contribution is 6.08. The first kappa shape index (κ1) is 11.8. The van der Waals surface area contributed by atoms with Gasteiger partial charge in [0.25, 0.3) is 17.4 Å². The molecule has 100 valence electrons. The van der Waals surface area contributed by atoms with Crippen LogP contribution in [0.3, 0.4) is 0 Å². The Labute approximate surface area is 110 Å². The van der Waals surface area contributed by atoms with E-state index in [1.807, 2.05) is 0 Å². The van der Waals surface area contributed by atoms with Crippen molar-refractivity contribution in [2.24, 2.45) is 0 Å². The Morgan fingerprint density at radius 1 is 1.30 bits per heavy atom. The number of amides is 1.